The summed E-state index contributed by atoms with van der Waals surface area (Å²) >= 11 is 0. The summed E-state index contributed by atoms with van der Waals surface area (Å²) in [6, 6.07) is 8.47. The second kappa shape index (κ2) is 29.2. The highest BCUT2D eigenvalue weighted by Gasteiger charge is 1.99. The fraction of sp³-hybridized carbons (Fsp3) is 0.812. The van der Waals surface area contributed by atoms with Crippen molar-refractivity contribution in [3.63, 3.8) is 0 Å². The van der Waals surface area contributed by atoms with E-state index >= 15 is 0 Å². The van der Waals surface area contributed by atoms with Crippen LogP contribution in [0, 0.1) is 0 Å². The lowest BCUT2D eigenvalue weighted by Gasteiger charge is -2.09. The molecule has 0 amide bonds. The van der Waals surface area contributed by atoms with E-state index in [4.69, 9.17) is 37.9 Å². The molecule has 8 heteroatoms. The van der Waals surface area contributed by atoms with Gasteiger partial charge in [-0.15, -0.1) is 0 Å². The summed E-state index contributed by atoms with van der Waals surface area (Å²) < 4.78 is 44.1. The van der Waals surface area contributed by atoms with Gasteiger partial charge in [0.05, 0.1) is 92.0 Å². The second-order valence-corrected chi connectivity index (χ2v) is 9.96. The van der Waals surface area contributed by atoms with E-state index in [2.05, 4.69) is 31.2 Å². The quantitative estimate of drug-likeness (QED) is 0.102. The third-order valence-corrected chi connectivity index (χ3v) is 6.03. The van der Waals surface area contributed by atoms with Crippen molar-refractivity contribution < 1.29 is 37.9 Å². The zero-order valence-corrected chi connectivity index (χ0v) is 25.7. The monoisotopic (exact) mass is 570 g/mol. The largest absolute Gasteiger partial charge is 0.491 e. The molecule has 1 aromatic rings. The summed E-state index contributed by atoms with van der Waals surface area (Å²) in [6.45, 7) is 14.0. The molecule has 8 nitrogen and oxygen atoms in total. The minimum Gasteiger partial charge on any atom is -0.491 e. The number of unbranched alkanes of at least 4 members (excludes halogenated alkanes) is 6. The van der Waals surface area contributed by atoms with Gasteiger partial charge in [0, 0.05) is 0 Å². The average molecular weight is 571 g/mol. The minimum atomic E-state index is 0.239. The van der Waals surface area contributed by atoms with Crippen LogP contribution in [0.5, 0.6) is 5.75 Å². The Balaban J connectivity index is 1.76. The lowest BCUT2D eigenvalue weighted by atomic mass is 10.0. The van der Waals surface area contributed by atoms with Crippen LogP contribution in [0.3, 0.4) is 0 Å². The highest BCUT2D eigenvalue weighted by molar-refractivity contribution is 5.27. The molecule has 0 aliphatic heterocycles. The van der Waals surface area contributed by atoms with Crippen molar-refractivity contribution in [2.45, 2.75) is 78.2 Å². The Morgan fingerprint density at radius 3 is 1.32 bits per heavy atom. The number of hydrogen-bond acceptors (Lipinski definition) is 8. The van der Waals surface area contributed by atoms with E-state index in [0.29, 0.717) is 92.5 Å². The van der Waals surface area contributed by atoms with Crippen LogP contribution < -0.4 is 4.74 Å². The van der Waals surface area contributed by atoms with Crippen LogP contribution in [0.4, 0.5) is 0 Å². The summed E-state index contributed by atoms with van der Waals surface area (Å²) in [7, 11) is 0. The van der Waals surface area contributed by atoms with Crippen molar-refractivity contribution in [3.8, 4) is 5.75 Å². The SMILES string of the molecule is CCCCCCCCCc1ccc(OCCOCCOCCOCCOCCOCCOCCOC(C)C)cc1. The number of aryl methyl sites for hydroxylation is 1. The molecule has 0 spiro atoms. The Bertz CT molecular complexity index is 626. The van der Waals surface area contributed by atoms with Crippen LogP contribution >= 0.6 is 0 Å². The van der Waals surface area contributed by atoms with Crippen LogP contribution in [0.2, 0.25) is 0 Å². The molecular formula is C32H58O8. The van der Waals surface area contributed by atoms with Gasteiger partial charge in [0.2, 0.25) is 0 Å². The van der Waals surface area contributed by atoms with E-state index in [9.17, 15) is 0 Å². The third-order valence-electron chi connectivity index (χ3n) is 6.03. The maximum atomic E-state index is 5.77. The van der Waals surface area contributed by atoms with E-state index in [0.717, 1.165) is 12.2 Å². The Morgan fingerprint density at radius 1 is 0.475 bits per heavy atom. The molecule has 0 aliphatic carbocycles. The summed E-state index contributed by atoms with van der Waals surface area (Å²) in [5, 5.41) is 0. The molecule has 0 aromatic heterocycles. The van der Waals surface area contributed by atoms with Crippen molar-refractivity contribution in [2.24, 2.45) is 0 Å². The molecule has 0 radical (unpaired) electrons. The molecule has 0 aliphatic rings. The van der Waals surface area contributed by atoms with Crippen LogP contribution in [0.25, 0.3) is 0 Å². The van der Waals surface area contributed by atoms with Crippen molar-refractivity contribution in [3.05, 3.63) is 29.8 Å². The molecule has 0 heterocycles. The van der Waals surface area contributed by atoms with Gasteiger partial charge in [-0.2, -0.15) is 0 Å². The topological polar surface area (TPSA) is 73.8 Å². The van der Waals surface area contributed by atoms with Crippen molar-refractivity contribution in [1.29, 1.82) is 0 Å². The van der Waals surface area contributed by atoms with Gasteiger partial charge in [-0.05, 0) is 44.4 Å². The van der Waals surface area contributed by atoms with E-state index < -0.39 is 0 Å². The van der Waals surface area contributed by atoms with Crippen LogP contribution in [-0.4, -0.2) is 98.6 Å². The van der Waals surface area contributed by atoms with Crippen molar-refractivity contribution in [2.75, 3.05) is 92.5 Å². The summed E-state index contributed by atoms with van der Waals surface area (Å²) in [5.41, 5.74) is 1.39. The van der Waals surface area contributed by atoms with Crippen molar-refractivity contribution in [1.82, 2.24) is 0 Å². The molecule has 1 aromatic carbocycles. The first-order valence-electron chi connectivity index (χ1n) is 15.5. The van der Waals surface area contributed by atoms with Gasteiger partial charge >= 0.3 is 0 Å². The van der Waals surface area contributed by atoms with Crippen LogP contribution in [0.1, 0.15) is 71.3 Å². The molecule has 0 unspecified atom stereocenters. The second-order valence-electron chi connectivity index (χ2n) is 9.96. The number of hydrogen-bond donors (Lipinski definition) is 0. The lowest BCUT2D eigenvalue weighted by molar-refractivity contribution is -0.0242. The maximum Gasteiger partial charge on any atom is 0.119 e. The first kappa shape index (κ1) is 36.8. The molecule has 1 rings (SSSR count). The zero-order chi connectivity index (χ0) is 28.8. The third kappa shape index (κ3) is 25.7. The van der Waals surface area contributed by atoms with Gasteiger partial charge in [-0.3, -0.25) is 0 Å². The van der Waals surface area contributed by atoms with Crippen LogP contribution in [-0.2, 0) is 39.6 Å². The molecule has 0 N–H and O–H groups in total. The predicted molar refractivity (Wildman–Crippen MR) is 160 cm³/mol. The summed E-state index contributed by atoms with van der Waals surface area (Å²) in [5.74, 6) is 0.894. The van der Waals surface area contributed by atoms with Gasteiger partial charge < -0.3 is 37.9 Å². The Kier molecular flexibility index (Phi) is 26.9. The van der Waals surface area contributed by atoms with Gasteiger partial charge in [0.25, 0.3) is 0 Å². The zero-order valence-electron chi connectivity index (χ0n) is 25.7. The smallest absolute Gasteiger partial charge is 0.119 e. The highest BCUT2D eigenvalue weighted by Crippen LogP contribution is 2.15. The molecule has 234 valence electrons. The molecule has 0 saturated carbocycles. The predicted octanol–water partition coefficient (Wildman–Crippen LogP) is 5.88. The highest BCUT2D eigenvalue weighted by atomic mass is 16.6. The number of ether oxygens (including phenoxy) is 8. The molecular weight excluding hydrogens is 512 g/mol. The van der Waals surface area contributed by atoms with Gasteiger partial charge in [0.15, 0.2) is 0 Å². The van der Waals surface area contributed by atoms with E-state index in [-0.39, 0.29) is 6.10 Å². The Labute approximate surface area is 244 Å². The molecule has 0 fully saturated rings. The standard InChI is InChI=1S/C32H58O8/c1-4-5-6-7-8-9-10-11-31-12-14-32(15-13-31)40-29-27-38-25-23-36-21-19-34-17-16-33-18-20-35-22-24-37-26-28-39-30(2)3/h12-15,30H,4-11,16-29H2,1-3H3. The maximum absolute atomic E-state index is 5.77. The first-order chi connectivity index (χ1) is 19.7. The van der Waals surface area contributed by atoms with Crippen molar-refractivity contribution >= 4 is 0 Å². The Morgan fingerprint density at radius 2 is 0.875 bits per heavy atom. The summed E-state index contributed by atoms with van der Waals surface area (Å²) in [6.07, 6.45) is 10.8. The fourth-order valence-corrected chi connectivity index (χ4v) is 3.80. The minimum absolute atomic E-state index is 0.239. The molecule has 0 atom stereocenters. The van der Waals surface area contributed by atoms with Gasteiger partial charge in [-0.25, -0.2) is 0 Å². The average Bonchev–Trinajstić information content (AvgIpc) is 2.96. The first-order valence-corrected chi connectivity index (χ1v) is 15.5. The van der Waals surface area contributed by atoms with E-state index in [1.165, 1.54) is 50.5 Å². The number of benzene rings is 1. The normalized spacial score (nSPS) is 11.5. The lowest BCUT2D eigenvalue weighted by Crippen LogP contribution is -2.15. The fourth-order valence-electron chi connectivity index (χ4n) is 3.80. The van der Waals surface area contributed by atoms with Gasteiger partial charge in [0.1, 0.15) is 12.4 Å². The van der Waals surface area contributed by atoms with Gasteiger partial charge in [-0.1, -0.05) is 57.6 Å². The van der Waals surface area contributed by atoms with E-state index in [1.807, 2.05) is 13.8 Å². The summed E-state index contributed by atoms with van der Waals surface area (Å²) in [4.78, 5) is 0. The Hall–Kier alpha value is -1.26. The van der Waals surface area contributed by atoms with Crippen LogP contribution in [0.15, 0.2) is 24.3 Å². The van der Waals surface area contributed by atoms with E-state index in [1.54, 1.807) is 0 Å². The molecule has 0 saturated heterocycles. The number of rotatable bonds is 31. The molecule has 0 bridgehead atoms. The molecule has 40 heavy (non-hydrogen) atoms.